The lowest BCUT2D eigenvalue weighted by molar-refractivity contribution is 0.249. The Morgan fingerprint density at radius 1 is 1.00 bits per heavy atom. The molecule has 1 fully saturated rings. The maximum absolute atomic E-state index is 12.8. The number of aromatic nitrogens is 5. The Labute approximate surface area is 180 Å². The third-order valence-corrected chi connectivity index (χ3v) is 5.79. The van der Waals surface area contributed by atoms with Crippen molar-refractivity contribution in [1.82, 2.24) is 29.4 Å². The molecule has 31 heavy (non-hydrogen) atoms. The largest absolute Gasteiger partial charge is 0.348 e. The number of piperazine rings is 1. The normalized spacial score (nSPS) is 14.9. The summed E-state index contributed by atoms with van der Waals surface area (Å²) >= 11 is 0. The Morgan fingerprint density at radius 3 is 2.61 bits per heavy atom. The Bertz CT molecular complexity index is 1200. The van der Waals surface area contributed by atoms with Gasteiger partial charge in [0.05, 0.1) is 17.2 Å². The number of H-pyrrole nitrogens is 1. The predicted molar refractivity (Wildman–Crippen MR) is 120 cm³/mol. The van der Waals surface area contributed by atoms with E-state index in [4.69, 9.17) is 0 Å². The summed E-state index contributed by atoms with van der Waals surface area (Å²) in [6.07, 6.45) is 7.63. The summed E-state index contributed by atoms with van der Waals surface area (Å²) in [5.41, 5.74) is 2.97. The molecule has 1 N–H and O–H groups in total. The molecule has 0 bridgehead atoms. The van der Waals surface area contributed by atoms with Crippen LogP contribution in [0.25, 0.3) is 10.9 Å². The van der Waals surface area contributed by atoms with Gasteiger partial charge < -0.3 is 14.5 Å². The zero-order chi connectivity index (χ0) is 21.0. The molecule has 1 aliphatic heterocycles. The van der Waals surface area contributed by atoms with Gasteiger partial charge in [0.2, 0.25) is 5.95 Å². The number of aromatic amines is 1. The highest BCUT2D eigenvalue weighted by molar-refractivity contribution is 5.77. The van der Waals surface area contributed by atoms with E-state index in [1.54, 1.807) is 23.3 Å². The maximum atomic E-state index is 12.8. The minimum Gasteiger partial charge on any atom is -0.348 e. The van der Waals surface area contributed by atoms with Crippen LogP contribution >= 0.6 is 0 Å². The van der Waals surface area contributed by atoms with Crippen molar-refractivity contribution in [1.29, 1.82) is 0 Å². The number of imidazole rings is 1. The number of pyridine rings is 1. The molecule has 0 unspecified atom stereocenters. The number of nitrogens with zero attached hydrogens (tertiary/aromatic N) is 6. The number of aryl methyl sites for hydroxylation is 2. The van der Waals surface area contributed by atoms with Crippen LogP contribution < -0.4 is 10.5 Å². The number of hydrogen-bond acceptors (Lipinski definition) is 6. The highest BCUT2D eigenvalue weighted by Crippen LogP contribution is 2.16. The molecule has 4 heterocycles. The Kier molecular flexibility index (Phi) is 5.45. The molecule has 0 aliphatic carbocycles. The fourth-order valence-electron chi connectivity index (χ4n) is 4.00. The van der Waals surface area contributed by atoms with E-state index in [1.165, 1.54) is 5.56 Å². The minimum absolute atomic E-state index is 0.0590. The van der Waals surface area contributed by atoms with Crippen LogP contribution in [0, 0.1) is 0 Å². The standard InChI is InChI=1S/C23H25N7O/c31-22-20-15-25-23(27-21(20)7-9-29(22)8-6-19-14-24-17-26-19)30-12-10-28(11-13-30)16-18-4-2-1-3-5-18/h1-5,7,9,14-15,17H,6,8,10-13,16H2,(H,24,26). The predicted octanol–water partition coefficient (Wildman–Crippen LogP) is 2.08. The number of benzene rings is 1. The molecular weight excluding hydrogens is 390 g/mol. The van der Waals surface area contributed by atoms with Gasteiger partial charge in [-0.15, -0.1) is 0 Å². The summed E-state index contributed by atoms with van der Waals surface area (Å²) < 4.78 is 1.70. The zero-order valence-electron chi connectivity index (χ0n) is 17.3. The van der Waals surface area contributed by atoms with E-state index in [-0.39, 0.29) is 5.56 Å². The fraction of sp³-hybridized carbons (Fsp3) is 0.304. The molecule has 8 nitrogen and oxygen atoms in total. The van der Waals surface area contributed by atoms with Crippen molar-refractivity contribution in [2.75, 3.05) is 31.1 Å². The number of anilines is 1. The van der Waals surface area contributed by atoms with Crippen LogP contribution in [0.4, 0.5) is 5.95 Å². The van der Waals surface area contributed by atoms with E-state index in [1.807, 2.05) is 18.3 Å². The van der Waals surface area contributed by atoms with Gasteiger partial charge in [0, 0.05) is 70.0 Å². The first-order valence-corrected chi connectivity index (χ1v) is 10.6. The molecule has 1 aliphatic rings. The van der Waals surface area contributed by atoms with E-state index in [0.717, 1.165) is 44.8 Å². The van der Waals surface area contributed by atoms with E-state index in [2.05, 4.69) is 54.0 Å². The Hall–Kier alpha value is -3.52. The highest BCUT2D eigenvalue weighted by atomic mass is 16.1. The molecule has 158 valence electrons. The van der Waals surface area contributed by atoms with Crippen molar-refractivity contribution >= 4 is 16.9 Å². The molecule has 3 aromatic heterocycles. The summed E-state index contributed by atoms with van der Waals surface area (Å²) in [4.78, 5) is 33.8. The van der Waals surface area contributed by atoms with Crippen molar-refractivity contribution in [3.8, 4) is 0 Å². The molecule has 0 spiro atoms. The average Bonchev–Trinajstić information content (AvgIpc) is 3.33. The van der Waals surface area contributed by atoms with E-state index < -0.39 is 0 Å². The van der Waals surface area contributed by atoms with Gasteiger partial charge in [-0.25, -0.2) is 15.0 Å². The molecule has 0 saturated carbocycles. The van der Waals surface area contributed by atoms with Gasteiger partial charge in [-0.2, -0.15) is 0 Å². The zero-order valence-corrected chi connectivity index (χ0v) is 17.3. The molecule has 0 amide bonds. The molecule has 8 heteroatoms. The molecule has 0 radical (unpaired) electrons. The van der Waals surface area contributed by atoms with Crippen LogP contribution in [0.1, 0.15) is 11.3 Å². The third-order valence-electron chi connectivity index (χ3n) is 5.79. The Balaban J connectivity index is 1.26. The van der Waals surface area contributed by atoms with Crippen molar-refractivity contribution in [3.05, 3.63) is 82.9 Å². The van der Waals surface area contributed by atoms with Crippen LogP contribution in [0.3, 0.4) is 0 Å². The van der Waals surface area contributed by atoms with Crippen molar-refractivity contribution in [2.45, 2.75) is 19.5 Å². The SMILES string of the molecule is O=c1c2cnc(N3CCN(Cc4ccccc4)CC3)nc2ccn1CCc1cnc[nH]1. The number of hydrogen-bond donors (Lipinski definition) is 1. The van der Waals surface area contributed by atoms with Gasteiger partial charge in [0.25, 0.3) is 5.56 Å². The molecular formula is C23H25N7O. The van der Waals surface area contributed by atoms with Crippen molar-refractivity contribution < 1.29 is 0 Å². The topological polar surface area (TPSA) is 82.9 Å². The van der Waals surface area contributed by atoms with Gasteiger partial charge in [-0.3, -0.25) is 9.69 Å². The smallest absolute Gasteiger partial charge is 0.261 e. The molecule has 0 atom stereocenters. The third kappa shape index (κ3) is 4.34. The number of rotatable bonds is 6. The molecule has 4 aromatic rings. The van der Waals surface area contributed by atoms with E-state index in [0.29, 0.717) is 23.4 Å². The lowest BCUT2D eigenvalue weighted by Crippen LogP contribution is -2.46. The van der Waals surface area contributed by atoms with Gasteiger partial charge >= 0.3 is 0 Å². The van der Waals surface area contributed by atoms with Crippen molar-refractivity contribution in [3.63, 3.8) is 0 Å². The summed E-state index contributed by atoms with van der Waals surface area (Å²) in [7, 11) is 0. The molecule has 1 saturated heterocycles. The van der Waals surface area contributed by atoms with E-state index in [9.17, 15) is 4.79 Å². The highest BCUT2D eigenvalue weighted by Gasteiger charge is 2.19. The number of fused-ring (bicyclic) bond motifs is 1. The minimum atomic E-state index is -0.0590. The van der Waals surface area contributed by atoms with Gasteiger partial charge in [0.1, 0.15) is 0 Å². The van der Waals surface area contributed by atoms with Crippen LogP contribution in [0.5, 0.6) is 0 Å². The van der Waals surface area contributed by atoms with Crippen LogP contribution in [-0.4, -0.2) is 55.6 Å². The van der Waals surface area contributed by atoms with Gasteiger partial charge in [-0.1, -0.05) is 30.3 Å². The Morgan fingerprint density at radius 2 is 1.84 bits per heavy atom. The van der Waals surface area contributed by atoms with Gasteiger partial charge in [0.15, 0.2) is 0 Å². The number of nitrogens with one attached hydrogen (secondary N) is 1. The van der Waals surface area contributed by atoms with Crippen molar-refractivity contribution in [2.24, 2.45) is 0 Å². The quantitative estimate of drug-likeness (QED) is 0.519. The maximum Gasteiger partial charge on any atom is 0.261 e. The van der Waals surface area contributed by atoms with Crippen LogP contribution in [-0.2, 0) is 19.5 Å². The fourth-order valence-corrected chi connectivity index (χ4v) is 4.00. The molecule has 1 aromatic carbocycles. The van der Waals surface area contributed by atoms with Crippen LogP contribution in [0.2, 0.25) is 0 Å². The summed E-state index contributed by atoms with van der Waals surface area (Å²) in [5, 5.41) is 0.554. The summed E-state index contributed by atoms with van der Waals surface area (Å²) in [6.45, 7) is 5.23. The summed E-state index contributed by atoms with van der Waals surface area (Å²) in [5.74, 6) is 0.696. The first-order valence-electron chi connectivity index (χ1n) is 10.6. The van der Waals surface area contributed by atoms with Gasteiger partial charge in [-0.05, 0) is 11.6 Å². The first-order chi connectivity index (χ1) is 15.3. The second kappa shape index (κ2) is 8.69. The first kappa shape index (κ1) is 19.4. The molecule has 5 rings (SSSR count). The second-order valence-corrected chi connectivity index (χ2v) is 7.86. The lowest BCUT2D eigenvalue weighted by atomic mass is 10.2. The lowest BCUT2D eigenvalue weighted by Gasteiger charge is -2.34. The average molecular weight is 416 g/mol. The van der Waals surface area contributed by atoms with E-state index >= 15 is 0 Å². The van der Waals surface area contributed by atoms with Crippen LogP contribution in [0.15, 0.2) is 66.1 Å². The second-order valence-electron chi connectivity index (χ2n) is 7.86. The summed E-state index contributed by atoms with van der Waals surface area (Å²) in [6, 6.07) is 12.5. The monoisotopic (exact) mass is 415 g/mol.